The Morgan fingerprint density at radius 3 is 2.78 bits per heavy atom. The van der Waals surface area contributed by atoms with Crippen molar-refractivity contribution in [2.75, 3.05) is 7.11 Å². The van der Waals surface area contributed by atoms with Gasteiger partial charge in [0.15, 0.2) is 17.6 Å². The lowest BCUT2D eigenvalue weighted by Gasteiger charge is -2.16. The Morgan fingerprint density at radius 2 is 2.04 bits per heavy atom. The van der Waals surface area contributed by atoms with Gasteiger partial charge < -0.3 is 14.5 Å². The largest absolute Gasteiger partial charge is 0.493 e. The van der Waals surface area contributed by atoms with Crippen molar-refractivity contribution in [1.82, 2.24) is 9.97 Å². The van der Waals surface area contributed by atoms with E-state index in [1.807, 2.05) is 55.5 Å². The van der Waals surface area contributed by atoms with Crippen LogP contribution in [0, 0.1) is 0 Å². The zero-order chi connectivity index (χ0) is 16.2. The maximum atomic E-state index is 6.09. The van der Waals surface area contributed by atoms with Crippen LogP contribution in [0.4, 0.5) is 0 Å². The van der Waals surface area contributed by atoms with E-state index >= 15 is 0 Å². The molecule has 4 nitrogen and oxygen atoms in total. The van der Waals surface area contributed by atoms with E-state index in [2.05, 4.69) is 16.5 Å². The van der Waals surface area contributed by atoms with Gasteiger partial charge in [-0.2, -0.15) is 0 Å². The second-order valence-corrected chi connectivity index (χ2v) is 5.38. The number of H-pyrrole nitrogens is 1. The van der Waals surface area contributed by atoms with Crippen LogP contribution in [-0.4, -0.2) is 17.1 Å². The lowest BCUT2D eigenvalue weighted by atomic mass is 10.1. The van der Waals surface area contributed by atoms with E-state index in [9.17, 15) is 0 Å². The molecule has 4 heteroatoms. The number of hydrogen-bond acceptors (Lipinski definition) is 3. The number of benzene rings is 2. The SMILES string of the molecule is C=CCc1ccc(OC)c(O[C@H](C)c2nc3ccccc3[nH]2)c1. The number of fused-ring (bicyclic) bond motifs is 1. The van der Waals surface area contributed by atoms with Gasteiger partial charge in [-0.15, -0.1) is 6.58 Å². The summed E-state index contributed by atoms with van der Waals surface area (Å²) in [7, 11) is 1.64. The molecule has 0 saturated carbocycles. The van der Waals surface area contributed by atoms with E-state index in [1.54, 1.807) is 7.11 Å². The molecule has 2 aromatic carbocycles. The van der Waals surface area contributed by atoms with Crippen LogP contribution in [0.2, 0.25) is 0 Å². The lowest BCUT2D eigenvalue weighted by molar-refractivity contribution is 0.207. The zero-order valence-corrected chi connectivity index (χ0v) is 13.4. The minimum Gasteiger partial charge on any atom is -0.493 e. The number of methoxy groups -OCH3 is 1. The molecular formula is C19H20N2O2. The third kappa shape index (κ3) is 3.21. The summed E-state index contributed by atoms with van der Waals surface area (Å²) in [5, 5.41) is 0. The first-order chi connectivity index (χ1) is 11.2. The van der Waals surface area contributed by atoms with E-state index in [0.29, 0.717) is 11.5 Å². The Kier molecular flexibility index (Phi) is 4.33. The highest BCUT2D eigenvalue weighted by molar-refractivity contribution is 5.74. The van der Waals surface area contributed by atoms with Crippen molar-refractivity contribution in [1.29, 1.82) is 0 Å². The summed E-state index contributed by atoms with van der Waals surface area (Å²) in [6.45, 7) is 5.74. The highest BCUT2D eigenvalue weighted by Gasteiger charge is 2.15. The minimum absolute atomic E-state index is 0.213. The molecule has 3 aromatic rings. The fourth-order valence-electron chi connectivity index (χ4n) is 2.52. The average molecular weight is 308 g/mol. The predicted molar refractivity (Wildman–Crippen MR) is 92.0 cm³/mol. The quantitative estimate of drug-likeness (QED) is 0.685. The summed E-state index contributed by atoms with van der Waals surface area (Å²) in [6.07, 6.45) is 2.45. The molecule has 0 aliphatic carbocycles. The molecule has 0 fully saturated rings. The minimum atomic E-state index is -0.213. The van der Waals surface area contributed by atoms with Crippen molar-refractivity contribution < 1.29 is 9.47 Å². The average Bonchev–Trinajstić information content (AvgIpc) is 3.00. The summed E-state index contributed by atoms with van der Waals surface area (Å²) in [5.74, 6) is 2.21. The Hall–Kier alpha value is -2.75. The van der Waals surface area contributed by atoms with Crippen molar-refractivity contribution >= 4 is 11.0 Å². The summed E-state index contributed by atoms with van der Waals surface area (Å²) < 4.78 is 11.5. The first-order valence-corrected chi connectivity index (χ1v) is 7.60. The van der Waals surface area contributed by atoms with Crippen molar-refractivity contribution in [2.45, 2.75) is 19.4 Å². The molecular weight excluding hydrogens is 288 g/mol. The standard InChI is InChI=1S/C19H20N2O2/c1-4-7-14-10-11-17(22-3)18(12-14)23-13(2)19-20-15-8-5-6-9-16(15)21-19/h4-6,8-13H,1,7H2,2-3H3,(H,20,21)/t13-/m1/s1. The van der Waals surface area contributed by atoms with Gasteiger partial charge in [-0.1, -0.05) is 24.3 Å². The smallest absolute Gasteiger partial charge is 0.162 e. The van der Waals surface area contributed by atoms with Gasteiger partial charge in [-0.05, 0) is 43.2 Å². The third-order valence-corrected chi connectivity index (χ3v) is 3.70. The number of imidazole rings is 1. The molecule has 1 aromatic heterocycles. The van der Waals surface area contributed by atoms with Gasteiger partial charge in [0.05, 0.1) is 18.1 Å². The number of hydrogen-bond donors (Lipinski definition) is 1. The number of para-hydroxylation sites is 2. The molecule has 3 rings (SSSR count). The van der Waals surface area contributed by atoms with E-state index in [4.69, 9.17) is 9.47 Å². The van der Waals surface area contributed by atoms with Crippen LogP contribution < -0.4 is 9.47 Å². The van der Waals surface area contributed by atoms with Crippen LogP contribution in [0.1, 0.15) is 24.4 Å². The van der Waals surface area contributed by atoms with Crippen LogP contribution in [0.15, 0.2) is 55.1 Å². The molecule has 0 aliphatic rings. The highest BCUT2D eigenvalue weighted by Crippen LogP contribution is 2.32. The van der Waals surface area contributed by atoms with Crippen molar-refractivity contribution in [2.24, 2.45) is 0 Å². The second-order valence-electron chi connectivity index (χ2n) is 5.38. The molecule has 118 valence electrons. The van der Waals surface area contributed by atoms with Gasteiger partial charge in [0, 0.05) is 0 Å². The Bertz CT molecular complexity index is 790. The normalized spacial score (nSPS) is 12.1. The van der Waals surface area contributed by atoms with E-state index in [1.165, 1.54) is 0 Å². The van der Waals surface area contributed by atoms with E-state index in [0.717, 1.165) is 28.8 Å². The first-order valence-electron chi connectivity index (χ1n) is 7.60. The molecule has 0 unspecified atom stereocenters. The van der Waals surface area contributed by atoms with Crippen LogP contribution >= 0.6 is 0 Å². The molecule has 0 amide bonds. The van der Waals surface area contributed by atoms with Gasteiger partial charge in [-0.3, -0.25) is 0 Å². The monoisotopic (exact) mass is 308 g/mol. The summed E-state index contributed by atoms with van der Waals surface area (Å²) in [6, 6.07) is 13.9. The van der Waals surface area contributed by atoms with Crippen LogP contribution in [0.3, 0.4) is 0 Å². The van der Waals surface area contributed by atoms with Crippen LogP contribution in [0.5, 0.6) is 11.5 Å². The number of nitrogens with one attached hydrogen (secondary N) is 1. The topological polar surface area (TPSA) is 47.1 Å². The van der Waals surface area contributed by atoms with Gasteiger partial charge >= 0.3 is 0 Å². The Labute approximate surface area is 135 Å². The van der Waals surface area contributed by atoms with Crippen molar-refractivity contribution in [3.63, 3.8) is 0 Å². The van der Waals surface area contributed by atoms with Gasteiger partial charge in [0.25, 0.3) is 0 Å². The number of aromatic amines is 1. The molecule has 1 N–H and O–H groups in total. The molecule has 0 aliphatic heterocycles. The highest BCUT2D eigenvalue weighted by atomic mass is 16.5. The van der Waals surface area contributed by atoms with E-state index in [-0.39, 0.29) is 6.10 Å². The van der Waals surface area contributed by atoms with Crippen LogP contribution in [-0.2, 0) is 6.42 Å². The first kappa shape index (κ1) is 15.2. The van der Waals surface area contributed by atoms with Crippen molar-refractivity contribution in [3.05, 3.63) is 66.5 Å². The molecule has 0 saturated heterocycles. The summed E-state index contributed by atoms with van der Waals surface area (Å²) >= 11 is 0. The number of aromatic nitrogens is 2. The fourth-order valence-corrected chi connectivity index (χ4v) is 2.52. The Balaban J connectivity index is 1.87. The maximum absolute atomic E-state index is 6.09. The fraction of sp³-hybridized carbons (Fsp3) is 0.211. The van der Waals surface area contributed by atoms with Crippen LogP contribution in [0.25, 0.3) is 11.0 Å². The maximum Gasteiger partial charge on any atom is 0.162 e. The number of ether oxygens (including phenoxy) is 2. The molecule has 0 spiro atoms. The number of allylic oxidation sites excluding steroid dienone is 1. The molecule has 0 bridgehead atoms. The number of rotatable bonds is 6. The van der Waals surface area contributed by atoms with E-state index < -0.39 is 0 Å². The third-order valence-electron chi connectivity index (χ3n) is 3.70. The molecule has 1 heterocycles. The number of nitrogens with zero attached hydrogens (tertiary/aromatic N) is 1. The second kappa shape index (κ2) is 6.57. The molecule has 0 radical (unpaired) electrons. The summed E-state index contributed by atoms with van der Waals surface area (Å²) in [4.78, 5) is 7.89. The lowest BCUT2D eigenvalue weighted by Crippen LogP contribution is -2.06. The zero-order valence-electron chi connectivity index (χ0n) is 13.4. The Morgan fingerprint density at radius 1 is 1.22 bits per heavy atom. The van der Waals surface area contributed by atoms with Gasteiger partial charge in [0.2, 0.25) is 0 Å². The van der Waals surface area contributed by atoms with Crippen molar-refractivity contribution in [3.8, 4) is 11.5 Å². The van der Waals surface area contributed by atoms with Gasteiger partial charge in [-0.25, -0.2) is 4.98 Å². The molecule has 1 atom stereocenters. The summed E-state index contributed by atoms with van der Waals surface area (Å²) in [5.41, 5.74) is 3.07. The predicted octanol–water partition coefficient (Wildman–Crippen LogP) is 4.44. The van der Waals surface area contributed by atoms with Gasteiger partial charge in [0.1, 0.15) is 5.82 Å². The molecule has 23 heavy (non-hydrogen) atoms.